The summed E-state index contributed by atoms with van der Waals surface area (Å²) in [5.41, 5.74) is 6.69. The van der Waals surface area contributed by atoms with Crippen molar-refractivity contribution in [2.45, 2.75) is 72.8 Å². The number of nitrogens with zero attached hydrogens (tertiary/aromatic N) is 1. The summed E-state index contributed by atoms with van der Waals surface area (Å²) in [7, 11) is 2.05. The van der Waals surface area contributed by atoms with E-state index in [-0.39, 0.29) is 0 Å². The van der Waals surface area contributed by atoms with Gasteiger partial charge in [-0.1, -0.05) is 34.6 Å². The summed E-state index contributed by atoms with van der Waals surface area (Å²) in [6.45, 7) is 16.0. The van der Waals surface area contributed by atoms with Gasteiger partial charge in [-0.3, -0.25) is 4.79 Å². The summed E-state index contributed by atoms with van der Waals surface area (Å²) in [6, 6.07) is -0.698. The highest BCUT2D eigenvalue weighted by Crippen LogP contribution is 2.54. The van der Waals surface area contributed by atoms with Crippen LogP contribution < -0.4 is 11.1 Å². The van der Waals surface area contributed by atoms with E-state index in [1.54, 1.807) is 0 Å². The lowest BCUT2D eigenvalue weighted by Gasteiger charge is -2.60. The zero-order chi connectivity index (χ0) is 21.1. The summed E-state index contributed by atoms with van der Waals surface area (Å²) in [5.74, 6) is 2.73. The van der Waals surface area contributed by atoms with Crippen LogP contribution in [0.25, 0.3) is 0 Å². The van der Waals surface area contributed by atoms with Crippen LogP contribution in [0.1, 0.15) is 66.7 Å². The van der Waals surface area contributed by atoms with E-state index in [0.29, 0.717) is 17.3 Å². The molecule has 5 heteroatoms. The van der Waals surface area contributed by atoms with E-state index >= 15 is 0 Å². The van der Waals surface area contributed by atoms with Gasteiger partial charge >= 0.3 is 5.97 Å². The fraction of sp³-hybridized carbons (Fsp3) is 0.957. The van der Waals surface area contributed by atoms with Crippen LogP contribution in [0, 0.1) is 34.5 Å². The Morgan fingerprint density at radius 2 is 1.61 bits per heavy atom. The molecule has 1 saturated heterocycles. The van der Waals surface area contributed by atoms with Gasteiger partial charge in [-0.05, 0) is 73.7 Å². The zero-order valence-electron chi connectivity index (χ0n) is 19.1. The van der Waals surface area contributed by atoms with Gasteiger partial charge in [-0.15, -0.1) is 0 Å². The van der Waals surface area contributed by atoms with Crippen molar-refractivity contribution in [1.82, 2.24) is 10.2 Å². The van der Waals surface area contributed by atoms with Crippen molar-refractivity contribution in [3.63, 3.8) is 0 Å². The molecular weight excluding hydrogens is 350 g/mol. The highest BCUT2D eigenvalue weighted by molar-refractivity contribution is 5.72. The van der Waals surface area contributed by atoms with Crippen molar-refractivity contribution in [2.75, 3.05) is 33.2 Å². The van der Waals surface area contributed by atoms with Crippen molar-refractivity contribution in [3.8, 4) is 0 Å². The van der Waals surface area contributed by atoms with Gasteiger partial charge in [0.25, 0.3) is 0 Å². The molecule has 0 aromatic heterocycles. The average molecular weight is 396 g/mol. The minimum atomic E-state index is -0.885. The van der Waals surface area contributed by atoms with Crippen LogP contribution in [0.4, 0.5) is 0 Å². The first kappa shape index (κ1) is 23.6. The van der Waals surface area contributed by atoms with E-state index in [4.69, 9.17) is 10.8 Å². The van der Waals surface area contributed by atoms with E-state index in [0.717, 1.165) is 43.3 Å². The molecule has 2 saturated carbocycles. The molecule has 0 aromatic rings. The molecule has 0 radical (unpaired) electrons. The predicted molar refractivity (Wildman–Crippen MR) is 116 cm³/mol. The van der Waals surface area contributed by atoms with Crippen LogP contribution in [-0.2, 0) is 4.79 Å². The van der Waals surface area contributed by atoms with Gasteiger partial charge in [-0.2, -0.15) is 0 Å². The molecule has 0 aromatic carbocycles. The van der Waals surface area contributed by atoms with Gasteiger partial charge in [0.15, 0.2) is 0 Å². The first-order valence-corrected chi connectivity index (χ1v) is 11.3. The second-order valence-electron chi connectivity index (χ2n) is 11.1. The summed E-state index contributed by atoms with van der Waals surface area (Å²) >= 11 is 0. The molecule has 4 N–H and O–H groups in total. The van der Waals surface area contributed by atoms with Crippen molar-refractivity contribution >= 4 is 5.97 Å². The maximum absolute atomic E-state index is 10.6. The Morgan fingerprint density at radius 1 is 1.11 bits per heavy atom. The largest absolute Gasteiger partial charge is 0.480 e. The van der Waals surface area contributed by atoms with Gasteiger partial charge < -0.3 is 21.1 Å². The molecule has 2 aliphatic carbocycles. The molecule has 28 heavy (non-hydrogen) atoms. The summed E-state index contributed by atoms with van der Waals surface area (Å²) in [4.78, 5) is 12.9. The van der Waals surface area contributed by atoms with E-state index in [2.05, 4.69) is 44.8 Å². The van der Waals surface area contributed by atoms with Crippen molar-refractivity contribution in [2.24, 2.45) is 40.2 Å². The average Bonchev–Trinajstić information content (AvgIpc) is 2.49. The number of carboxylic acid groups (broad SMARTS) is 1. The molecule has 0 bridgehead atoms. The fourth-order valence-corrected chi connectivity index (χ4v) is 5.54. The maximum Gasteiger partial charge on any atom is 0.320 e. The lowest BCUT2D eigenvalue weighted by Crippen LogP contribution is -2.63. The topological polar surface area (TPSA) is 78.6 Å². The number of hydrogen-bond donors (Lipinski definition) is 3. The van der Waals surface area contributed by atoms with Crippen LogP contribution in [0.3, 0.4) is 0 Å². The summed E-state index contributed by atoms with van der Waals surface area (Å²) in [6.07, 6.45) is 6.15. The second-order valence-corrected chi connectivity index (χ2v) is 11.1. The van der Waals surface area contributed by atoms with Gasteiger partial charge in [0.05, 0.1) is 0 Å². The Balaban J connectivity index is 0.000000221. The molecule has 0 amide bonds. The van der Waals surface area contributed by atoms with E-state index < -0.39 is 12.0 Å². The lowest BCUT2D eigenvalue weighted by molar-refractivity contribution is -0.139. The number of likely N-dealkylation sites (tertiary alicyclic amines) is 1. The molecule has 5 nitrogen and oxygen atoms in total. The number of carboxylic acids is 1. The summed E-state index contributed by atoms with van der Waals surface area (Å²) < 4.78 is 0. The van der Waals surface area contributed by atoms with E-state index in [1.165, 1.54) is 32.2 Å². The molecule has 1 unspecified atom stereocenters. The Kier molecular flexibility index (Phi) is 7.97. The van der Waals surface area contributed by atoms with Crippen LogP contribution in [0.2, 0.25) is 0 Å². The molecule has 1 heterocycles. The predicted octanol–water partition coefficient (Wildman–Crippen LogP) is 3.43. The van der Waals surface area contributed by atoms with Crippen LogP contribution in [0.15, 0.2) is 0 Å². The SMILES string of the molecule is CC(C)C1CC2(C1)CN(CCC(N)C(=O)O)C2.CNCC1(C)CC(C(C)C)C1. The van der Waals surface area contributed by atoms with Crippen molar-refractivity contribution in [3.05, 3.63) is 0 Å². The highest BCUT2D eigenvalue weighted by Gasteiger charge is 2.52. The Hall–Kier alpha value is -0.650. The molecule has 1 spiro atoms. The normalized spacial score (nSPS) is 30.2. The minimum Gasteiger partial charge on any atom is -0.480 e. The Morgan fingerprint density at radius 3 is 2.04 bits per heavy atom. The van der Waals surface area contributed by atoms with Gasteiger partial charge in [-0.25, -0.2) is 0 Å². The number of nitrogens with one attached hydrogen (secondary N) is 1. The standard InChI is InChI=1S/C13H24N2O2.C10H21N/c1-9(2)10-5-13(6-10)7-15(8-13)4-3-11(14)12(16)17;1-8(2)9-5-10(3,6-9)7-11-4/h9-11H,3-8,14H2,1-2H3,(H,16,17);8-9,11H,5-7H2,1-4H3. The Bertz CT molecular complexity index is 500. The van der Waals surface area contributed by atoms with Gasteiger partial charge in [0.2, 0.25) is 0 Å². The maximum atomic E-state index is 10.6. The number of hydrogen-bond acceptors (Lipinski definition) is 4. The van der Waals surface area contributed by atoms with Crippen molar-refractivity contribution < 1.29 is 9.90 Å². The lowest BCUT2D eigenvalue weighted by atomic mass is 9.55. The Labute approximate surface area is 172 Å². The summed E-state index contributed by atoms with van der Waals surface area (Å²) in [5, 5.41) is 12.0. The number of rotatable bonds is 8. The number of carbonyl (C=O) groups is 1. The zero-order valence-corrected chi connectivity index (χ0v) is 19.1. The van der Waals surface area contributed by atoms with E-state index in [1.807, 2.05) is 7.05 Å². The first-order chi connectivity index (χ1) is 13.0. The third kappa shape index (κ3) is 5.93. The molecule has 1 atom stereocenters. The third-order valence-corrected chi connectivity index (χ3v) is 7.58. The monoisotopic (exact) mass is 395 g/mol. The molecule has 3 rings (SSSR count). The fourth-order valence-electron chi connectivity index (χ4n) is 5.54. The molecule has 3 fully saturated rings. The minimum absolute atomic E-state index is 0.568. The molecular formula is C23H45N3O2. The third-order valence-electron chi connectivity index (χ3n) is 7.58. The quantitative estimate of drug-likeness (QED) is 0.587. The number of aliphatic carboxylic acids is 1. The van der Waals surface area contributed by atoms with Crippen LogP contribution >= 0.6 is 0 Å². The highest BCUT2D eigenvalue weighted by atomic mass is 16.4. The molecule has 3 aliphatic rings. The smallest absolute Gasteiger partial charge is 0.320 e. The van der Waals surface area contributed by atoms with Crippen LogP contribution in [0.5, 0.6) is 0 Å². The van der Waals surface area contributed by atoms with Crippen molar-refractivity contribution in [1.29, 1.82) is 0 Å². The van der Waals surface area contributed by atoms with Gasteiger partial charge in [0.1, 0.15) is 6.04 Å². The van der Waals surface area contributed by atoms with E-state index in [9.17, 15) is 4.79 Å². The van der Waals surface area contributed by atoms with Crippen LogP contribution in [-0.4, -0.2) is 55.2 Å². The second kappa shape index (κ2) is 9.44. The molecule has 164 valence electrons. The molecule has 1 aliphatic heterocycles. The van der Waals surface area contributed by atoms with Gasteiger partial charge in [0, 0.05) is 26.2 Å². The number of nitrogens with two attached hydrogens (primary N) is 1. The first-order valence-electron chi connectivity index (χ1n) is 11.3.